The maximum Gasteiger partial charge on any atom is 0.247 e. The van der Waals surface area contributed by atoms with E-state index >= 15 is 0 Å². The van der Waals surface area contributed by atoms with Crippen molar-refractivity contribution in [1.29, 1.82) is 0 Å². The monoisotopic (exact) mass is 165 g/mol. The number of carbonyl (C=O) groups excluding carboxylic acids is 1. The molecule has 2 heteroatoms. The first-order valence-electron chi connectivity index (χ1n) is 4.17. The van der Waals surface area contributed by atoms with Crippen LogP contribution in [0.25, 0.3) is 0 Å². The van der Waals surface area contributed by atoms with Crippen molar-refractivity contribution in [1.82, 2.24) is 5.32 Å². The van der Waals surface area contributed by atoms with Crippen molar-refractivity contribution in [3.8, 4) is 0 Å². The van der Waals surface area contributed by atoms with Gasteiger partial charge in [0.1, 0.15) is 0 Å². The van der Waals surface area contributed by atoms with E-state index in [1.807, 2.05) is 39.0 Å². The van der Waals surface area contributed by atoms with Crippen LogP contribution in [0.2, 0.25) is 0 Å². The zero-order valence-corrected chi connectivity index (χ0v) is 7.85. The molecule has 66 valence electrons. The maximum absolute atomic E-state index is 11.4. The zero-order valence-electron chi connectivity index (χ0n) is 7.85. The van der Waals surface area contributed by atoms with Crippen LogP contribution in [0.15, 0.2) is 23.8 Å². The number of nitrogens with one attached hydrogen (secondary N) is 1. The van der Waals surface area contributed by atoms with E-state index in [4.69, 9.17) is 0 Å². The Morgan fingerprint density at radius 1 is 1.50 bits per heavy atom. The van der Waals surface area contributed by atoms with Crippen LogP contribution in [0, 0.1) is 0 Å². The standard InChI is InChI=1S/C10H15NO/c1-10(2,3)11-9(12)8-6-4-5-7-8/h4-6H,7H2,1-3H3,(H,11,12). The fourth-order valence-electron chi connectivity index (χ4n) is 1.04. The number of allylic oxidation sites excluding steroid dienone is 3. The molecule has 12 heavy (non-hydrogen) atoms. The van der Waals surface area contributed by atoms with Gasteiger partial charge >= 0.3 is 0 Å². The van der Waals surface area contributed by atoms with Crippen molar-refractivity contribution in [2.24, 2.45) is 0 Å². The fourth-order valence-corrected chi connectivity index (χ4v) is 1.04. The van der Waals surface area contributed by atoms with Gasteiger partial charge in [0.25, 0.3) is 0 Å². The van der Waals surface area contributed by atoms with E-state index in [0.717, 1.165) is 12.0 Å². The molecule has 0 aromatic rings. The van der Waals surface area contributed by atoms with Gasteiger partial charge in [0.05, 0.1) is 0 Å². The smallest absolute Gasteiger partial charge is 0.247 e. The van der Waals surface area contributed by atoms with E-state index in [0.29, 0.717) is 0 Å². The molecule has 0 heterocycles. The van der Waals surface area contributed by atoms with Crippen LogP contribution >= 0.6 is 0 Å². The Kier molecular flexibility index (Phi) is 2.36. The molecular weight excluding hydrogens is 150 g/mol. The summed E-state index contributed by atoms with van der Waals surface area (Å²) in [6, 6.07) is 0. The minimum absolute atomic E-state index is 0.0486. The van der Waals surface area contributed by atoms with Gasteiger partial charge in [0, 0.05) is 11.1 Å². The molecule has 2 nitrogen and oxygen atoms in total. The SMILES string of the molecule is CC(C)(C)NC(=O)C1=CC=CC1. The Balaban J connectivity index is 2.50. The highest BCUT2D eigenvalue weighted by molar-refractivity contribution is 5.95. The third-order valence-corrected chi connectivity index (χ3v) is 1.55. The Labute approximate surface area is 73.4 Å². The summed E-state index contributed by atoms with van der Waals surface area (Å²) < 4.78 is 0. The Bertz CT molecular complexity index is 243. The van der Waals surface area contributed by atoms with Crippen molar-refractivity contribution in [3.63, 3.8) is 0 Å². The molecule has 0 aromatic carbocycles. The fraction of sp³-hybridized carbons (Fsp3) is 0.500. The molecule has 0 saturated carbocycles. The van der Waals surface area contributed by atoms with E-state index in [1.54, 1.807) is 0 Å². The van der Waals surface area contributed by atoms with Gasteiger partial charge < -0.3 is 5.32 Å². The summed E-state index contributed by atoms with van der Waals surface area (Å²) in [6.07, 6.45) is 6.53. The maximum atomic E-state index is 11.4. The molecule has 1 aliphatic carbocycles. The minimum atomic E-state index is -0.138. The molecule has 0 radical (unpaired) electrons. The van der Waals surface area contributed by atoms with Crippen LogP contribution in [0.4, 0.5) is 0 Å². The third kappa shape index (κ3) is 2.53. The topological polar surface area (TPSA) is 29.1 Å². The van der Waals surface area contributed by atoms with Crippen LogP contribution in [0.1, 0.15) is 27.2 Å². The van der Waals surface area contributed by atoms with Crippen LogP contribution in [0.3, 0.4) is 0 Å². The molecule has 1 aliphatic rings. The number of amides is 1. The molecule has 1 N–H and O–H groups in total. The summed E-state index contributed by atoms with van der Waals surface area (Å²) >= 11 is 0. The van der Waals surface area contributed by atoms with E-state index < -0.39 is 0 Å². The molecule has 1 amide bonds. The molecule has 0 spiro atoms. The van der Waals surface area contributed by atoms with Gasteiger partial charge in [0.15, 0.2) is 0 Å². The Hall–Kier alpha value is -1.05. The lowest BCUT2D eigenvalue weighted by Gasteiger charge is -2.20. The van der Waals surface area contributed by atoms with Gasteiger partial charge in [0.2, 0.25) is 5.91 Å². The summed E-state index contributed by atoms with van der Waals surface area (Å²) in [6.45, 7) is 5.94. The number of rotatable bonds is 1. The molecular formula is C10H15NO. The van der Waals surface area contributed by atoms with Crippen LogP contribution in [-0.4, -0.2) is 11.4 Å². The Morgan fingerprint density at radius 3 is 2.58 bits per heavy atom. The lowest BCUT2D eigenvalue weighted by atomic mass is 10.1. The highest BCUT2D eigenvalue weighted by atomic mass is 16.1. The van der Waals surface area contributed by atoms with E-state index in [1.165, 1.54) is 0 Å². The normalized spacial score (nSPS) is 16.1. The largest absolute Gasteiger partial charge is 0.348 e. The van der Waals surface area contributed by atoms with Gasteiger partial charge in [-0.1, -0.05) is 18.2 Å². The van der Waals surface area contributed by atoms with Gasteiger partial charge in [-0.25, -0.2) is 0 Å². The first-order valence-corrected chi connectivity index (χ1v) is 4.17. The van der Waals surface area contributed by atoms with Crippen molar-refractivity contribution < 1.29 is 4.79 Å². The van der Waals surface area contributed by atoms with Crippen molar-refractivity contribution in [2.45, 2.75) is 32.7 Å². The summed E-state index contributed by atoms with van der Waals surface area (Å²) in [5.74, 6) is 0.0486. The van der Waals surface area contributed by atoms with Crippen molar-refractivity contribution in [3.05, 3.63) is 23.8 Å². The quantitative estimate of drug-likeness (QED) is 0.630. The van der Waals surface area contributed by atoms with Gasteiger partial charge in [-0.05, 0) is 27.2 Å². The number of hydrogen-bond acceptors (Lipinski definition) is 1. The zero-order chi connectivity index (χ0) is 9.19. The molecule has 0 unspecified atom stereocenters. The summed E-state index contributed by atoms with van der Waals surface area (Å²) in [5.41, 5.74) is 0.713. The molecule has 1 rings (SSSR count). The summed E-state index contributed by atoms with van der Waals surface area (Å²) in [7, 11) is 0. The van der Waals surface area contributed by atoms with E-state index in [2.05, 4.69) is 5.32 Å². The number of carbonyl (C=O) groups is 1. The first-order chi connectivity index (χ1) is 5.49. The van der Waals surface area contributed by atoms with Crippen LogP contribution < -0.4 is 5.32 Å². The predicted octanol–water partition coefficient (Wildman–Crippen LogP) is 1.79. The summed E-state index contributed by atoms with van der Waals surface area (Å²) in [5, 5.41) is 2.91. The van der Waals surface area contributed by atoms with Crippen molar-refractivity contribution >= 4 is 5.91 Å². The average molecular weight is 165 g/mol. The summed E-state index contributed by atoms with van der Waals surface area (Å²) in [4.78, 5) is 11.4. The highest BCUT2D eigenvalue weighted by Gasteiger charge is 2.16. The van der Waals surface area contributed by atoms with E-state index in [9.17, 15) is 4.79 Å². The number of hydrogen-bond donors (Lipinski definition) is 1. The average Bonchev–Trinajstić information content (AvgIpc) is 2.32. The van der Waals surface area contributed by atoms with Crippen LogP contribution in [0.5, 0.6) is 0 Å². The first kappa shape index (κ1) is 9.04. The molecule has 0 aliphatic heterocycles. The Morgan fingerprint density at radius 2 is 2.17 bits per heavy atom. The molecule has 0 fully saturated rings. The molecule has 0 aromatic heterocycles. The molecule has 0 saturated heterocycles. The molecule has 0 bridgehead atoms. The lowest BCUT2D eigenvalue weighted by molar-refractivity contribution is -0.118. The third-order valence-electron chi connectivity index (χ3n) is 1.55. The lowest BCUT2D eigenvalue weighted by Crippen LogP contribution is -2.41. The second-order valence-electron chi connectivity index (χ2n) is 4.03. The van der Waals surface area contributed by atoms with Crippen molar-refractivity contribution in [2.75, 3.05) is 0 Å². The van der Waals surface area contributed by atoms with Gasteiger partial charge in [-0.3, -0.25) is 4.79 Å². The second-order valence-corrected chi connectivity index (χ2v) is 4.03. The minimum Gasteiger partial charge on any atom is -0.348 e. The van der Waals surface area contributed by atoms with Gasteiger partial charge in [-0.15, -0.1) is 0 Å². The highest BCUT2D eigenvalue weighted by Crippen LogP contribution is 2.11. The molecule has 0 atom stereocenters. The van der Waals surface area contributed by atoms with Gasteiger partial charge in [-0.2, -0.15) is 0 Å². The van der Waals surface area contributed by atoms with Crippen LogP contribution in [-0.2, 0) is 4.79 Å². The predicted molar refractivity (Wildman–Crippen MR) is 49.7 cm³/mol. The van der Waals surface area contributed by atoms with E-state index in [-0.39, 0.29) is 11.4 Å². The second kappa shape index (κ2) is 3.13.